The maximum atomic E-state index is 12.3. The average Bonchev–Trinajstić information content (AvgIpc) is 3.16. The lowest BCUT2D eigenvalue weighted by Gasteiger charge is -2.15. The molecule has 1 aromatic heterocycles. The number of carbonyl (C=O) groups is 1. The molecule has 0 bridgehead atoms. The molecule has 1 amide bonds. The van der Waals surface area contributed by atoms with Crippen molar-refractivity contribution in [1.29, 1.82) is 0 Å². The molecule has 4 rings (SSSR count). The fourth-order valence-electron chi connectivity index (χ4n) is 3.08. The van der Waals surface area contributed by atoms with E-state index in [2.05, 4.69) is 17.3 Å². The lowest BCUT2D eigenvalue weighted by molar-refractivity contribution is -0.116. The predicted molar refractivity (Wildman–Crippen MR) is 89.2 cm³/mol. The molecule has 1 aliphatic carbocycles. The highest BCUT2D eigenvalue weighted by Gasteiger charge is 2.30. The first-order chi connectivity index (χ1) is 11.7. The second-order valence-corrected chi connectivity index (χ2v) is 6.47. The fraction of sp³-hybridized carbons (Fsp3) is 0.444. The van der Waals surface area contributed by atoms with Crippen LogP contribution in [-0.4, -0.2) is 22.5 Å². The second-order valence-electron chi connectivity index (χ2n) is 6.47. The first-order valence-corrected chi connectivity index (χ1v) is 8.42. The smallest absolute Gasteiger partial charge is 0.231 e. The first-order valence-electron chi connectivity index (χ1n) is 8.42. The third-order valence-corrected chi connectivity index (χ3v) is 4.71. The zero-order valence-corrected chi connectivity index (χ0v) is 13.7. The Morgan fingerprint density at radius 3 is 3.00 bits per heavy atom. The number of fused-ring (bicyclic) bond motifs is 1. The molecule has 0 spiro atoms. The van der Waals surface area contributed by atoms with Gasteiger partial charge in [-0.05, 0) is 49.8 Å². The summed E-state index contributed by atoms with van der Waals surface area (Å²) in [7, 11) is 0. The van der Waals surface area contributed by atoms with Crippen LogP contribution in [0.5, 0.6) is 11.5 Å². The van der Waals surface area contributed by atoms with Gasteiger partial charge in [0, 0.05) is 12.5 Å². The van der Waals surface area contributed by atoms with Crippen LogP contribution in [0.15, 0.2) is 30.5 Å². The minimum absolute atomic E-state index is 0.00239. The highest BCUT2D eigenvalue weighted by Crippen LogP contribution is 2.40. The summed E-state index contributed by atoms with van der Waals surface area (Å²) in [4.78, 5) is 12.3. The van der Waals surface area contributed by atoms with E-state index in [9.17, 15) is 4.79 Å². The molecule has 1 N–H and O–H groups in total. The Morgan fingerprint density at radius 2 is 2.17 bits per heavy atom. The Hall–Kier alpha value is -2.50. The van der Waals surface area contributed by atoms with Crippen LogP contribution < -0.4 is 14.8 Å². The van der Waals surface area contributed by atoms with Gasteiger partial charge in [-0.15, -0.1) is 0 Å². The van der Waals surface area contributed by atoms with Gasteiger partial charge >= 0.3 is 0 Å². The summed E-state index contributed by atoms with van der Waals surface area (Å²) < 4.78 is 12.6. The van der Waals surface area contributed by atoms with Crippen molar-refractivity contribution in [3.63, 3.8) is 0 Å². The molecule has 1 unspecified atom stereocenters. The van der Waals surface area contributed by atoms with Crippen LogP contribution in [0.3, 0.4) is 0 Å². The van der Waals surface area contributed by atoms with E-state index in [-0.39, 0.29) is 12.7 Å². The van der Waals surface area contributed by atoms with Crippen LogP contribution in [-0.2, 0) is 11.2 Å². The van der Waals surface area contributed by atoms with Crippen LogP contribution in [0, 0.1) is 5.92 Å². The van der Waals surface area contributed by atoms with E-state index in [1.54, 1.807) is 6.20 Å². The van der Waals surface area contributed by atoms with Gasteiger partial charge in [-0.3, -0.25) is 4.79 Å². The maximum Gasteiger partial charge on any atom is 0.231 e. The molecule has 0 saturated heterocycles. The van der Waals surface area contributed by atoms with Crippen molar-refractivity contribution in [3.05, 3.63) is 36.0 Å². The molecule has 126 valence electrons. The van der Waals surface area contributed by atoms with E-state index >= 15 is 0 Å². The van der Waals surface area contributed by atoms with Gasteiger partial charge in [-0.1, -0.05) is 6.07 Å². The number of hydrogen-bond donors (Lipinski definition) is 1. The largest absolute Gasteiger partial charge is 0.454 e. The van der Waals surface area contributed by atoms with Crippen LogP contribution >= 0.6 is 0 Å². The van der Waals surface area contributed by atoms with Crippen molar-refractivity contribution in [2.75, 3.05) is 12.1 Å². The minimum Gasteiger partial charge on any atom is -0.454 e. The number of nitrogens with zero attached hydrogens (tertiary/aromatic N) is 2. The number of hydrogen-bond acceptors (Lipinski definition) is 4. The van der Waals surface area contributed by atoms with Gasteiger partial charge in [0.05, 0.1) is 12.2 Å². The summed E-state index contributed by atoms with van der Waals surface area (Å²) in [6.07, 6.45) is 5.32. The normalized spacial score (nSPS) is 16.9. The number of aromatic nitrogens is 2. The Morgan fingerprint density at radius 1 is 1.33 bits per heavy atom. The van der Waals surface area contributed by atoms with Gasteiger partial charge in [0.1, 0.15) is 5.82 Å². The standard InChI is InChI=1S/C18H21N3O3/c1-12(14-4-5-14)21-17(8-9-19-21)20-18(22)7-3-13-2-6-15-16(10-13)24-11-23-15/h2,6,8-10,12,14H,3-5,7,11H2,1H3,(H,20,22). The molecule has 0 radical (unpaired) electrons. The molecule has 2 aromatic rings. The molecule has 6 nitrogen and oxygen atoms in total. The molecule has 2 aliphatic rings. The number of aryl methyl sites for hydroxylation is 1. The highest BCUT2D eigenvalue weighted by molar-refractivity contribution is 5.90. The second kappa shape index (κ2) is 6.19. The zero-order chi connectivity index (χ0) is 16.5. The molecular formula is C18H21N3O3. The lowest BCUT2D eigenvalue weighted by Crippen LogP contribution is -2.18. The first kappa shape index (κ1) is 15.1. The van der Waals surface area contributed by atoms with Gasteiger partial charge in [0.25, 0.3) is 0 Å². The van der Waals surface area contributed by atoms with E-state index in [0.29, 0.717) is 24.8 Å². The average molecular weight is 327 g/mol. The van der Waals surface area contributed by atoms with Crippen molar-refractivity contribution in [2.24, 2.45) is 5.92 Å². The molecule has 24 heavy (non-hydrogen) atoms. The van der Waals surface area contributed by atoms with Crippen molar-refractivity contribution in [2.45, 2.75) is 38.6 Å². The van der Waals surface area contributed by atoms with Crippen molar-refractivity contribution in [3.8, 4) is 11.5 Å². The summed E-state index contributed by atoms with van der Waals surface area (Å²) >= 11 is 0. The summed E-state index contributed by atoms with van der Waals surface area (Å²) in [5.41, 5.74) is 1.06. The molecule has 2 heterocycles. The van der Waals surface area contributed by atoms with Gasteiger partial charge in [-0.2, -0.15) is 5.10 Å². The highest BCUT2D eigenvalue weighted by atomic mass is 16.7. The fourth-order valence-corrected chi connectivity index (χ4v) is 3.08. The summed E-state index contributed by atoms with van der Waals surface area (Å²) in [6, 6.07) is 8.00. The zero-order valence-electron chi connectivity index (χ0n) is 13.7. The molecule has 1 aromatic carbocycles. The quantitative estimate of drug-likeness (QED) is 0.885. The molecular weight excluding hydrogens is 306 g/mol. The number of benzene rings is 1. The minimum atomic E-state index is -0.00239. The van der Waals surface area contributed by atoms with Crippen molar-refractivity contribution in [1.82, 2.24) is 9.78 Å². The number of nitrogens with one attached hydrogen (secondary N) is 1. The topological polar surface area (TPSA) is 65.4 Å². The third-order valence-electron chi connectivity index (χ3n) is 4.71. The van der Waals surface area contributed by atoms with Crippen LogP contribution in [0.25, 0.3) is 0 Å². The lowest BCUT2D eigenvalue weighted by atomic mass is 10.1. The number of carbonyl (C=O) groups excluding carboxylic acids is 1. The van der Waals surface area contributed by atoms with Crippen LogP contribution in [0.2, 0.25) is 0 Å². The Labute approximate surface area is 140 Å². The Bertz CT molecular complexity index is 752. The Balaban J connectivity index is 1.35. The van der Waals surface area contributed by atoms with Gasteiger partial charge < -0.3 is 14.8 Å². The van der Waals surface area contributed by atoms with E-state index in [1.165, 1.54) is 12.8 Å². The summed E-state index contributed by atoms with van der Waals surface area (Å²) in [5, 5.41) is 7.34. The Kier molecular flexibility index (Phi) is 3.88. The van der Waals surface area contributed by atoms with Crippen LogP contribution in [0.1, 0.15) is 37.8 Å². The molecule has 1 atom stereocenters. The maximum absolute atomic E-state index is 12.3. The van der Waals surface area contributed by atoms with Crippen LogP contribution in [0.4, 0.5) is 5.82 Å². The number of rotatable bonds is 6. The molecule has 1 aliphatic heterocycles. The molecule has 1 fully saturated rings. The SMILES string of the molecule is CC(C1CC1)n1nccc1NC(=O)CCc1ccc2c(c1)OCO2. The molecule has 6 heteroatoms. The van der Waals surface area contributed by atoms with Gasteiger partial charge in [0.15, 0.2) is 11.5 Å². The summed E-state index contributed by atoms with van der Waals surface area (Å²) in [5.74, 6) is 2.99. The van der Waals surface area contributed by atoms with E-state index in [1.807, 2.05) is 28.9 Å². The number of anilines is 1. The third kappa shape index (κ3) is 3.09. The van der Waals surface area contributed by atoms with E-state index in [4.69, 9.17) is 9.47 Å². The van der Waals surface area contributed by atoms with Crippen molar-refractivity contribution >= 4 is 11.7 Å². The number of ether oxygens (including phenoxy) is 2. The molecule has 1 saturated carbocycles. The summed E-state index contributed by atoms with van der Waals surface area (Å²) in [6.45, 7) is 2.43. The monoisotopic (exact) mass is 327 g/mol. The van der Waals surface area contributed by atoms with Crippen molar-refractivity contribution < 1.29 is 14.3 Å². The van der Waals surface area contributed by atoms with E-state index < -0.39 is 0 Å². The van der Waals surface area contributed by atoms with E-state index in [0.717, 1.165) is 22.9 Å². The van der Waals surface area contributed by atoms with Gasteiger partial charge in [-0.25, -0.2) is 4.68 Å². The number of amides is 1. The predicted octanol–water partition coefficient (Wildman–Crippen LogP) is 3.15. The van der Waals surface area contributed by atoms with Gasteiger partial charge in [0.2, 0.25) is 12.7 Å².